The van der Waals surface area contributed by atoms with E-state index in [4.69, 9.17) is 21.8 Å². The van der Waals surface area contributed by atoms with Crippen molar-refractivity contribution in [2.45, 2.75) is 12.2 Å². The molecule has 2 atom stereocenters. The van der Waals surface area contributed by atoms with E-state index in [1.165, 1.54) is 0 Å². The van der Waals surface area contributed by atoms with Crippen LogP contribution >= 0.6 is 56.8 Å². The lowest BCUT2D eigenvalue weighted by atomic mass is 10.1. The highest BCUT2D eigenvalue weighted by Gasteiger charge is 2.32. The molecule has 15 heteroatoms. The van der Waals surface area contributed by atoms with Crippen molar-refractivity contribution >= 4 is 80.2 Å². The van der Waals surface area contributed by atoms with E-state index in [1.54, 1.807) is 45.2 Å². The fraction of sp³-hybridized carbons (Fsp3) is 0.500. The minimum absolute atomic E-state index is 0.0812. The Balaban J connectivity index is 3.71. The molecule has 1 aromatic carbocycles. The number of amides is 3. The minimum atomic E-state index is -1.25. The standard InChI is InChI=1S/C18H24ClI2N3O9/c19-13-11(17(32)22-3-8(29)5-26)14(20)12(18(33)23-4-9(30)6-27)15(21)16(13)24(1-2-25)10(31)7-28/h8-9,25-30H,1-7H2,(H,22,32)(H,23,33). The van der Waals surface area contributed by atoms with E-state index in [2.05, 4.69) is 10.6 Å². The summed E-state index contributed by atoms with van der Waals surface area (Å²) in [5.41, 5.74) is -0.409. The van der Waals surface area contributed by atoms with E-state index in [1.807, 2.05) is 0 Å². The van der Waals surface area contributed by atoms with Crippen molar-refractivity contribution in [3.05, 3.63) is 23.3 Å². The van der Waals surface area contributed by atoms with Crippen LogP contribution in [0.25, 0.3) is 0 Å². The van der Waals surface area contributed by atoms with Crippen LogP contribution in [0.1, 0.15) is 20.7 Å². The van der Waals surface area contributed by atoms with Crippen LogP contribution in [0, 0.1) is 7.14 Å². The van der Waals surface area contributed by atoms with Crippen LogP contribution in [0.2, 0.25) is 5.02 Å². The predicted octanol–water partition coefficient (Wildman–Crippen LogP) is -1.97. The van der Waals surface area contributed by atoms with Crippen molar-refractivity contribution in [2.75, 3.05) is 51.0 Å². The predicted molar refractivity (Wildman–Crippen MR) is 134 cm³/mol. The molecule has 0 aromatic heterocycles. The molecule has 1 rings (SSSR count). The molecule has 0 spiro atoms. The van der Waals surface area contributed by atoms with Crippen molar-refractivity contribution in [1.29, 1.82) is 0 Å². The van der Waals surface area contributed by atoms with Crippen LogP contribution in [-0.2, 0) is 4.79 Å². The van der Waals surface area contributed by atoms with Gasteiger partial charge in [-0.2, -0.15) is 0 Å². The molecule has 0 aliphatic rings. The summed E-state index contributed by atoms with van der Waals surface area (Å²) in [5.74, 6) is -2.42. The van der Waals surface area contributed by atoms with E-state index in [9.17, 15) is 34.8 Å². The van der Waals surface area contributed by atoms with Gasteiger partial charge in [0, 0.05) is 23.2 Å². The lowest BCUT2D eigenvalue weighted by Crippen LogP contribution is -2.39. The Morgan fingerprint density at radius 1 is 0.879 bits per heavy atom. The molecule has 1 aromatic rings. The average molecular weight is 716 g/mol. The maximum atomic E-state index is 12.9. The van der Waals surface area contributed by atoms with Gasteiger partial charge in [0.1, 0.15) is 6.61 Å². The molecule has 8 N–H and O–H groups in total. The monoisotopic (exact) mass is 715 g/mol. The molecule has 0 saturated carbocycles. The zero-order chi connectivity index (χ0) is 25.3. The topological polar surface area (TPSA) is 200 Å². The van der Waals surface area contributed by atoms with Crippen LogP contribution in [0.4, 0.5) is 5.69 Å². The maximum Gasteiger partial charge on any atom is 0.254 e. The number of carbonyl (C=O) groups is 3. The Bertz CT molecular complexity index is 822. The molecule has 0 radical (unpaired) electrons. The molecule has 12 nitrogen and oxygen atoms in total. The van der Waals surface area contributed by atoms with Gasteiger partial charge in [-0.25, -0.2) is 0 Å². The first kappa shape index (κ1) is 30.2. The van der Waals surface area contributed by atoms with Gasteiger partial charge in [-0.15, -0.1) is 0 Å². The smallest absolute Gasteiger partial charge is 0.254 e. The van der Waals surface area contributed by atoms with Crippen molar-refractivity contribution in [1.82, 2.24) is 10.6 Å². The molecule has 3 amide bonds. The Kier molecular flexibility index (Phi) is 13.3. The van der Waals surface area contributed by atoms with Crippen LogP contribution in [-0.4, -0.2) is 107 Å². The normalized spacial score (nSPS) is 12.8. The second-order valence-corrected chi connectivity index (χ2v) is 9.10. The van der Waals surface area contributed by atoms with E-state index in [0.717, 1.165) is 4.90 Å². The first-order valence-electron chi connectivity index (χ1n) is 9.42. The second kappa shape index (κ2) is 14.5. The Labute approximate surface area is 221 Å². The number of aliphatic hydroxyl groups is 6. The molecule has 186 valence electrons. The molecule has 0 saturated heterocycles. The fourth-order valence-corrected chi connectivity index (χ4v) is 5.88. The summed E-state index contributed by atoms with van der Waals surface area (Å²) in [7, 11) is 0. The van der Waals surface area contributed by atoms with Gasteiger partial charge < -0.3 is 46.2 Å². The summed E-state index contributed by atoms with van der Waals surface area (Å²) in [6, 6.07) is 0. The van der Waals surface area contributed by atoms with E-state index >= 15 is 0 Å². The zero-order valence-corrected chi connectivity index (χ0v) is 22.2. The number of nitrogens with one attached hydrogen (secondary N) is 2. The van der Waals surface area contributed by atoms with Crippen LogP contribution in [0.5, 0.6) is 0 Å². The van der Waals surface area contributed by atoms with E-state index < -0.39 is 56.4 Å². The first-order chi connectivity index (χ1) is 15.5. The summed E-state index contributed by atoms with van der Waals surface area (Å²) >= 11 is 9.92. The number of benzene rings is 1. The Morgan fingerprint density at radius 3 is 1.79 bits per heavy atom. The van der Waals surface area contributed by atoms with E-state index in [0.29, 0.717) is 0 Å². The molecular weight excluding hydrogens is 691 g/mol. The van der Waals surface area contributed by atoms with Gasteiger partial charge in [0.15, 0.2) is 0 Å². The van der Waals surface area contributed by atoms with Gasteiger partial charge in [-0.3, -0.25) is 14.4 Å². The Hall–Kier alpha value is -0.860. The van der Waals surface area contributed by atoms with Crippen LogP contribution in [0.15, 0.2) is 0 Å². The number of aliphatic hydroxyl groups excluding tert-OH is 6. The Morgan fingerprint density at radius 2 is 1.36 bits per heavy atom. The SMILES string of the molecule is O=C(NCC(O)CO)c1c(Cl)c(N(CCO)C(=O)CO)c(I)c(C(=O)NCC(O)CO)c1I. The molecule has 0 aliphatic heterocycles. The highest BCUT2D eigenvalue weighted by atomic mass is 127. The van der Waals surface area contributed by atoms with Crippen LogP contribution in [0.3, 0.4) is 0 Å². The summed E-state index contributed by atoms with van der Waals surface area (Å²) in [6.07, 6.45) is -2.49. The number of hydrogen-bond acceptors (Lipinski definition) is 9. The van der Waals surface area contributed by atoms with Gasteiger partial charge in [-0.05, 0) is 45.2 Å². The number of anilines is 1. The van der Waals surface area contributed by atoms with Gasteiger partial charge in [0.05, 0.1) is 57.4 Å². The highest BCUT2D eigenvalue weighted by molar-refractivity contribution is 14.1. The summed E-state index contributed by atoms with van der Waals surface area (Å²) in [5, 5.41) is 60.3. The van der Waals surface area contributed by atoms with Crippen molar-refractivity contribution in [2.24, 2.45) is 0 Å². The number of nitrogens with zero attached hydrogens (tertiary/aromatic N) is 1. The fourth-order valence-electron chi connectivity index (χ4n) is 2.56. The number of carbonyl (C=O) groups excluding carboxylic acids is 3. The number of hydrogen-bond donors (Lipinski definition) is 8. The van der Waals surface area contributed by atoms with Crippen molar-refractivity contribution in [3.8, 4) is 0 Å². The number of halogens is 3. The summed E-state index contributed by atoms with van der Waals surface area (Å²) in [4.78, 5) is 39.1. The van der Waals surface area contributed by atoms with Gasteiger partial charge in [-0.1, -0.05) is 11.6 Å². The highest BCUT2D eigenvalue weighted by Crippen LogP contribution is 2.40. The van der Waals surface area contributed by atoms with Crippen molar-refractivity contribution in [3.63, 3.8) is 0 Å². The molecule has 0 aliphatic carbocycles. The third kappa shape index (κ3) is 7.82. The average Bonchev–Trinajstić information content (AvgIpc) is 2.79. The van der Waals surface area contributed by atoms with Crippen molar-refractivity contribution < 1.29 is 45.0 Å². The maximum absolute atomic E-state index is 12.9. The largest absolute Gasteiger partial charge is 0.395 e. The first-order valence-corrected chi connectivity index (χ1v) is 12.0. The third-order valence-electron chi connectivity index (χ3n) is 4.20. The summed E-state index contributed by atoms with van der Waals surface area (Å²) < 4.78 is 0.207. The molecule has 0 bridgehead atoms. The quantitative estimate of drug-likeness (QED) is 0.113. The molecular formula is C18H24ClI2N3O9. The van der Waals surface area contributed by atoms with Gasteiger partial charge in [0.2, 0.25) is 0 Å². The lowest BCUT2D eigenvalue weighted by Gasteiger charge is -2.27. The van der Waals surface area contributed by atoms with Gasteiger partial charge in [0.25, 0.3) is 17.7 Å². The molecule has 33 heavy (non-hydrogen) atoms. The van der Waals surface area contributed by atoms with E-state index in [-0.39, 0.29) is 48.6 Å². The summed E-state index contributed by atoms with van der Waals surface area (Å²) in [6.45, 7) is -3.60. The zero-order valence-electron chi connectivity index (χ0n) is 17.1. The van der Waals surface area contributed by atoms with Crippen LogP contribution < -0.4 is 15.5 Å². The molecule has 2 unspecified atom stereocenters. The second-order valence-electron chi connectivity index (χ2n) is 6.56. The minimum Gasteiger partial charge on any atom is -0.395 e. The molecule has 0 fully saturated rings. The lowest BCUT2D eigenvalue weighted by molar-refractivity contribution is -0.121. The third-order valence-corrected chi connectivity index (χ3v) is 6.69. The molecule has 0 heterocycles. The van der Waals surface area contributed by atoms with Gasteiger partial charge >= 0.3 is 0 Å². The number of rotatable bonds is 12.